The fourth-order valence-electron chi connectivity index (χ4n) is 0. The van der Waals surface area contributed by atoms with E-state index in [1.165, 1.54) is 0 Å². The third-order valence-electron chi connectivity index (χ3n) is 0. The topological polar surface area (TPSA) is 63.2 Å². The monoisotopic (exact) mass is 300 g/mol. The molecule has 0 aromatic rings. The third-order valence-corrected chi connectivity index (χ3v) is 0. The average Bonchev–Trinajstić information content (AvgIpc) is 1.36. The van der Waals surface area contributed by atoms with Gasteiger partial charge in [0.2, 0.25) is 0 Å². The summed E-state index contributed by atoms with van der Waals surface area (Å²) < 4.78 is 26.7. The first-order valence-electron chi connectivity index (χ1n) is 0.781. The maximum absolute atomic E-state index is 8.89. The molecule has 0 bridgehead atoms. The van der Waals surface area contributed by atoms with Gasteiger partial charge in [-0.05, 0) is 11.2 Å². The number of halogens is 1. The summed E-state index contributed by atoms with van der Waals surface area (Å²) in [6.45, 7) is 0. The van der Waals surface area contributed by atoms with Crippen LogP contribution in [0, 0.1) is 0 Å². The molecular formula is AgClNa2O3S2. The maximum Gasteiger partial charge on any atom is 1.00 e. The molecule has 0 aliphatic heterocycles. The minimum atomic E-state index is -4.33. The van der Waals surface area contributed by atoms with Crippen LogP contribution in [0.2, 0.25) is 0 Å². The van der Waals surface area contributed by atoms with Gasteiger partial charge in [-0.25, -0.2) is 0 Å². The second-order valence-electron chi connectivity index (χ2n) is 0.408. The number of hydrogen-bond acceptors (Lipinski definition) is 4. The summed E-state index contributed by atoms with van der Waals surface area (Å²) in [7, 11) is 0.116. The minimum Gasteiger partial charge on any atom is 1.00 e. The molecule has 0 rings (SSSR count). The van der Waals surface area contributed by atoms with Gasteiger partial charge in [0.05, 0.1) is 0 Å². The fraction of sp³-hybridized carbons (Fsp3) is 0. The molecule has 0 saturated carbocycles. The zero-order chi connectivity index (χ0) is 6.50. The van der Waals surface area contributed by atoms with Gasteiger partial charge in [-0.3, -0.25) is 4.21 Å². The van der Waals surface area contributed by atoms with Gasteiger partial charge >= 0.3 is 88.3 Å². The molecule has 0 saturated heterocycles. The molecule has 0 spiro atoms. The van der Waals surface area contributed by atoms with Crippen LogP contribution in [-0.2, 0) is 40.2 Å². The molecule has 0 N–H and O–H groups in total. The second kappa shape index (κ2) is 13.9. The summed E-state index contributed by atoms with van der Waals surface area (Å²) >= 11 is 5.67. The Morgan fingerprint density at radius 3 is 1.33 bits per heavy atom. The van der Waals surface area contributed by atoms with Gasteiger partial charge in [-0.15, -0.1) is 9.05 Å². The van der Waals surface area contributed by atoms with Crippen molar-refractivity contribution in [2.45, 2.75) is 0 Å². The number of rotatable bonds is 0. The quantitative estimate of drug-likeness (QED) is 0.418. The molecule has 0 heterocycles. The first-order chi connectivity index (χ1) is 3.00. The molecule has 0 atom stereocenters. The van der Waals surface area contributed by atoms with Crippen molar-refractivity contribution < 1.29 is 92.4 Å². The molecule has 0 aromatic heterocycles. The van der Waals surface area contributed by atoms with Crippen LogP contribution in [0.1, 0.15) is 0 Å². The Morgan fingerprint density at radius 1 is 1.33 bits per heavy atom. The zero-order valence-electron chi connectivity index (χ0n) is 4.72. The van der Waals surface area contributed by atoms with E-state index in [9.17, 15) is 0 Å². The molecule has 0 amide bonds. The zero-order valence-corrected chi connectivity index (χ0v) is 12.6. The summed E-state index contributed by atoms with van der Waals surface area (Å²) in [5, 5.41) is 0. The standard InChI is InChI=1S/Ag.ClH.2Na.H2O3S2/c;;;;1-5(2,3)4/h;1H;;;(H2,1,2,3,4)/q+1;;2*+1;/p-3. The van der Waals surface area contributed by atoms with Crippen LogP contribution in [0.4, 0.5) is 0 Å². The fourth-order valence-corrected chi connectivity index (χ4v) is 0. The molecule has 9 heteroatoms. The molecule has 0 radical (unpaired) electrons. The first kappa shape index (κ1) is 22.8. The van der Waals surface area contributed by atoms with E-state index in [1.807, 2.05) is 0 Å². The second-order valence-corrected chi connectivity index (χ2v) is 2.45. The van der Waals surface area contributed by atoms with Gasteiger partial charge in [0, 0.05) is 0 Å². The molecule has 0 aliphatic rings. The van der Waals surface area contributed by atoms with Crippen molar-refractivity contribution in [3.8, 4) is 0 Å². The SMILES string of the molecule is O=S([O-])([O-])=S.[Cl][Ag].[Na+].[Na+]. The smallest absolute Gasteiger partial charge is 1.00 e. The van der Waals surface area contributed by atoms with E-state index >= 15 is 0 Å². The van der Waals surface area contributed by atoms with E-state index in [-0.39, 0.29) is 59.1 Å². The molecular weight excluding hydrogens is 301 g/mol. The van der Waals surface area contributed by atoms with Crippen molar-refractivity contribution in [2.24, 2.45) is 0 Å². The molecule has 0 aromatic carbocycles. The van der Waals surface area contributed by atoms with Crippen LogP contribution in [0.25, 0.3) is 0 Å². The first-order valence-corrected chi connectivity index (χ1v) is 5.02. The Labute approximate surface area is 119 Å². The summed E-state index contributed by atoms with van der Waals surface area (Å²) in [6, 6.07) is 0. The maximum atomic E-state index is 8.89. The third kappa shape index (κ3) is 89.2. The van der Waals surface area contributed by atoms with Crippen molar-refractivity contribution in [3.05, 3.63) is 0 Å². The van der Waals surface area contributed by atoms with E-state index in [2.05, 4.69) is 40.4 Å². The van der Waals surface area contributed by atoms with Gasteiger partial charge < -0.3 is 9.11 Å². The summed E-state index contributed by atoms with van der Waals surface area (Å²) in [6.07, 6.45) is 0. The Balaban J connectivity index is -0.0000000286. The van der Waals surface area contributed by atoms with E-state index in [4.69, 9.17) is 13.3 Å². The predicted octanol–water partition coefficient (Wildman–Crippen LogP) is -6.31. The summed E-state index contributed by atoms with van der Waals surface area (Å²) in [4.78, 5) is 0. The van der Waals surface area contributed by atoms with E-state index in [1.54, 1.807) is 0 Å². The molecule has 50 valence electrons. The largest absolute Gasteiger partial charge is 1.00 e. The molecule has 0 fully saturated rings. The van der Waals surface area contributed by atoms with Crippen molar-refractivity contribution >= 4 is 29.4 Å². The van der Waals surface area contributed by atoms with Crippen LogP contribution in [0.5, 0.6) is 0 Å². The van der Waals surface area contributed by atoms with Crippen molar-refractivity contribution in [1.29, 1.82) is 0 Å². The van der Waals surface area contributed by atoms with Gasteiger partial charge in [0.1, 0.15) is 0 Å². The normalized spacial score (nSPS) is 7.22. The van der Waals surface area contributed by atoms with E-state index in [0.717, 1.165) is 0 Å². The predicted molar refractivity (Wildman–Crippen MR) is 22.9 cm³/mol. The minimum absolute atomic E-state index is 0. The van der Waals surface area contributed by atoms with Crippen molar-refractivity contribution in [3.63, 3.8) is 0 Å². The van der Waals surface area contributed by atoms with Gasteiger partial charge in [0.25, 0.3) is 0 Å². The van der Waals surface area contributed by atoms with E-state index in [0.29, 0.717) is 0 Å². The Bertz CT molecular complexity index is 103. The molecule has 3 nitrogen and oxygen atoms in total. The van der Waals surface area contributed by atoms with E-state index < -0.39 is 9.05 Å². The summed E-state index contributed by atoms with van der Waals surface area (Å²) in [5.74, 6) is 0. The van der Waals surface area contributed by atoms with Crippen LogP contribution < -0.4 is 59.1 Å². The van der Waals surface area contributed by atoms with Gasteiger partial charge in [0.15, 0.2) is 0 Å². The average molecular weight is 301 g/mol. The van der Waals surface area contributed by atoms with Crippen LogP contribution in [-0.4, -0.2) is 13.3 Å². The van der Waals surface area contributed by atoms with Crippen molar-refractivity contribution in [1.82, 2.24) is 0 Å². The van der Waals surface area contributed by atoms with Gasteiger partial charge in [-0.2, -0.15) is 0 Å². The van der Waals surface area contributed by atoms with Gasteiger partial charge in [-0.1, -0.05) is 0 Å². The molecule has 0 aliphatic carbocycles. The summed E-state index contributed by atoms with van der Waals surface area (Å²) in [5.41, 5.74) is 0. The number of hydrogen-bond donors (Lipinski definition) is 0. The molecule has 0 unspecified atom stereocenters. The van der Waals surface area contributed by atoms with Crippen LogP contribution in [0.3, 0.4) is 0 Å². The Morgan fingerprint density at radius 2 is 1.33 bits per heavy atom. The Kier molecular flexibility index (Phi) is 35.2. The van der Waals surface area contributed by atoms with Crippen molar-refractivity contribution in [2.75, 3.05) is 0 Å². The Hall–Kier alpha value is 3.32. The van der Waals surface area contributed by atoms with Crippen LogP contribution >= 0.6 is 9.19 Å². The van der Waals surface area contributed by atoms with Crippen LogP contribution in [0.15, 0.2) is 0 Å². The molecule has 9 heavy (non-hydrogen) atoms.